The number of anilines is 1. The molecule has 124 valence electrons. The highest BCUT2D eigenvalue weighted by Crippen LogP contribution is 2.21. The van der Waals surface area contributed by atoms with E-state index in [1.807, 2.05) is 54.6 Å². The highest BCUT2D eigenvalue weighted by Gasteiger charge is 2.04. The summed E-state index contributed by atoms with van der Waals surface area (Å²) in [6, 6.07) is 23.1. The maximum absolute atomic E-state index is 10.8. The zero-order chi connectivity index (χ0) is 17.5. The van der Waals surface area contributed by atoms with Crippen LogP contribution in [0.2, 0.25) is 0 Å². The number of nitrogens with zero attached hydrogens (tertiary/aromatic N) is 2. The van der Waals surface area contributed by atoms with Crippen molar-refractivity contribution < 1.29 is 9.66 Å². The van der Waals surface area contributed by atoms with E-state index in [1.54, 1.807) is 18.3 Å². The highest BCUT2D eigenvalue weighted by atomic mass is 16.6. The van der Waals surface area contributed by atoms with Gasteiger partial charge in [0.1, 0.15) is 11.5 Å². The number of rotatable bonds is 6. The van der Waals surface area contributed by atoms with Crippen molar-refractivity contribution in [3.63, 3.8) is 0 Å². The van der Waals surface area contributed by atoms with Crippen LogP contribution in [0.15, 0.2) is 84.0 Å². The van der Waals surface area contributed by atoms with Gasteiger partial charge in [0.05, 0.1) is 16.8 Å². The monoisotopic (exact) mass is 333 g/mol. The van der Waals surface area contributed by atoms with E-state index in [-0.39, 0.29) is 5.69 Å². The molecule has 0 aromatic heterocycles. The lowest BCUT2D eigenvalue weighted by atomic mass is 10.2. The molecular formula is C19H15N3O3. The maximum Gasteiger partial charge on any atom is 0.271 e. The van der Waals surface area contributed by atoms with Gasteiger partial charge >= 0.3 is 0 Å². The highest BCUT2D eigenvalue weighted by molar-refractivity contribution is 5.80. The number of ether oxygens (including phenoxy) is 1. The summed E-state index contributed by atoms with van der Waals surface area (Å²) in [4.78, 5) is 10.3. The van der Waals surface area contributed by atoms with Crippen molar-refractivity contribution in [2.24, 2.45) is 5.10 Å². The number of benzene rings is 3. The summed E-state index contributed by atoms with van der Waals surface area (Å²) in [5.41, 5.74) is 4.18. The quantitative estimate of drug-likeness (QED) is 0.398. The van der Waals surface area contributed by atoms with Crippen LogP contribution >= 0.6 is 0 Å². The van der Waals surface area contributed by atoms with Gasteiger partial charge in [-0.25, -0.2) is 0 Å². The summed E-state index contributed by atoms with van der Waals surface area (Å²) in [6.07, 6.45) is 1.62. The smallest absolute Gasteiger partial charge is 0.271 e. The van der Waals surface area contributed by atoms with E-state index in [2.05, 4.69) is 10.5 Å². The van der Waals surface area contributed by atoms with Gasteiger partial charge in [0.25, 0.3) is 5.69 Å². The van der Waals surface area contributed by atoms with Crippen molar-refractivity contribution >= 4 is 17.6 Å². The van der Waals surface area contributed by atoms with E-state index in [0.29, 0.717) is 11.4 Å². The summed E-state index contributed by atoms with van der Waals surface area (Å²) in [6.45, 7) is 0. The molecule has 3 aromatic rings. The summed E-state index contributed by atoms with van der Waals surface area (Å²) in [5, 5.41) is 14.9. The molecular weight excluding hydrogens is 318 g/mol. The minimum Gasteiger partial charge on any atom is -0.457 e. The molecule has 0 amide bonds. The van der Waals surface area contributed by atoms with E-state index < -0.39 is 4.92 Å². The van der Waals surface area contributed by atoms with Gasteiger partial charge in [-0.05, 0) is 35.9 Å². The summed E-state index contributed by atoms with van der Waals surface area (Å²) < 4.78 is 5.77. The van der Waals surface area contributed by atoms with E-state index in [0.717, 1.165) is 11.3 Å². The van der Waals surface area contributed by atoms with Crippen LogP contribution < -0.4 is 10.2 Å². The summed E-state index contributed by atoms with van der Waals surface area (Å²) in [5.74, 6) is 1.46. The van der Waals surface area contributed by atoms with E-state index >= 15 is 0 Å². The minimum absolute atomic E-state index is 0.0125. The molecule has 6 heteroatoms. The van der Waals surface area contributed by atoms with Gasteiger partial charge in [0.2, 0.25) is 0 Å². The number of hydrogen-bond donors (Lipinski definition) is 1. The van der Waals surface area contributed by atoms with Crippen LogP contribution in [0.4, 0.5) is 11.4 Å². The Hall–Kier alpha value is -3.67. The third-order valence-electron chi connectivity index (χ3n) is 3.30. The van der Waals surface area contributed by atoms with Crippen molar-refractivity contribution in [2.75, 3.05) is 5.43 Å². The standard InChI is InChI=1S/C19H15N3O3/c23-22(24)17-8-5-7-16(13-17)21-20-14-15-6-4-11-19(12-15)25-18-9-2-1-3-10-18/h1-14,21H/b20-14-. The van der Waals surface area contributed by atoms with Gasteiger partial charge < -0.3 is 4.74 Å². The molecule has 25 heavy (non-hydrogen) atoms. The third-order valence-corrected chi connectivity index (χ3v) is 3.30. The topological polar surface area (TPSA) is 76.8 Å². The largest absolute Gasteiger partial charge is 0.457 e. The van der Waals surface area contributed by atoms with Crippen LogP contribution in [0.5, 0.6) is 11.5 Å². The Labute approximate surface area is 144 Å². The first-order valence-electron chi connectivity index (χ1n) is 7.57. The lowest BCUT2D eigenvalue weighted by molar-refractivity contribution is -0.384. The number of nitro groups is 1. The lowest BCUT2D eigenvalue weighted by Crippen LogP contribution is -1.93. The molecule has 0 aliphatic rings. The fourth-order valence-electron chi connectivity index (χ4n) is 2.15. The van der Waals surface area contributed by atoms with Crippen molar-refractivity contribution in [3.05, 3.63) is 94.5 Å². The molecule has 3 rings (SSSR count). The molecule has 0 saturated carbocycles. The van der Waals surface area contributed by atoms with E-state index in [1.165, 1.54) is 12.1 Å². The molecule has 0 bridgehead atoms. The fraction of sp³-hybridized carbons (Fsp3) is 0. The van der Waals surface area contributed by atoms with Gasteiger partial charge in [0.15, 0.2) is 0 Å². The Bertz CT molecular complexity index is 895. The number of para-hydroxylation sites is 1. The molecule has 0 heterocycles. The average Bonchev–Trinajstić information content (AvgIpc) is 2.63. The SMILES string of the molecule is O=[N+]([O-])c1cccc(N/N=C\c2cccc(Oc3ccccc3)c2)c1. The molecule has 0 saturated heterocycles. The number of hydrogen-bond acceptors (Lipinski definition) is 5. The lowest BCUT2D eigenvalue weighted by Gasteiger charge is -2.05. The molecule has 0 spiro atoms. The van der Waals surface area contributed by atoms with Crippen LogP contribution in [0.3, 0.4) is 0 Å². The molecule has 0 aliphatic carbocycles. The second-order valence-corrected chi connectivity index (χ2v) is 5.17. The molecule has 6 nitrogen and oxygen atoms in total. The first kappa shape index (κ1) is 16.2. The Morgan fingerprint density at radius 3 is 2.48 bits per heavy atom. The summed E-state index contributed by atoms with van der Waals surface area (Å²) in [7, 11) is 0. The van der Waals surface area contributed by atoms with Gasteiger partial charge in [0, 0.05) is 12.1 Å². The fourth-order valence-corrected chi connectivity index (χ4v) is 2.15. The van der Waals surface area contributed by atoms with Gasteiger partial charge in [-0.3, -0.25) is 15.5 Å². The molecule has 0 radical (unpaired) electrons. The zero-order valence-electron chi connectivity index (χ0n) is 13.2. The third kappa shape index (κ3) is 4.65. The molecule has 3 aromatic carbocycles. The Kier molecular flexibility index (Phi) is 5.01. The van der Waals surface area contributed by atoms with Crippen LogP contribution in [0.25, 0.3) is 0 Å². The number of non-ortho nitro benzene ring substituents is 1. The predicted octanol–water partition coefficient (Wildman–Crippen LogP) is 4.83. The molecule has 1 N–H and O–H groups in total. The van der Waals surface area contributed by atoms with E-state index in [4.69, 9.17) is 4.74 Å². The number of nitrogens with one attached hydrogen (secondary N) is 1. The molecule has 0 aliphatic heterocycles. The average molecular weight is 333 g/mol. The second kappa shape index (κ2) is 7.74. The van der Waals surface area contributed by atoms with Crippen molar-refractivity contribution in [1.82, 2.24) is 0 Å². The van der Waals surface area contributed by atoms with Crippen molar-refractivity contribution in [3.8, 4) is 11.5 Å². The van der Waals surface area contributed by atoms with Crippen LogP contribution in [-0.2, 0) is 0 Å². The van der Waals surface area contributed by atoms with Gasteiger partial charge in [-0.1, -0.05) is 36.4 Å². The maximum atomic E-state index is 10.8. The Balaban J connectivity index is 1.66. The van der Waals surface area contributed by atoms with Crippen molar-refractivity contribution in [1.29, 1.82) is 0 Å². The first-order valence-corrected chi connectivity index (χ1v) is 7.57. The van der Waals surface area contributed by atoms with Gasteiger partial charge in [-0.15, -0.1) is 0 Å². The van der Waals surface area contributed by atoms with Gasteiger partial charge in [-0.2, -0.15) is 5.10 Å². The van der Waals surface area contributed by atoms with Crippen molar-refractivity contribution in [2.45, 2.75) is 0 Å². The first-order chi connectivity index (χ1) is 12.2. The zero-order valence-corrected chi connectivity index (χ0v) is 13.2. The minimum atomic E-state index is -0.445. The predicted molar refractivity (Wildman–Crippen MR) is 97.3 cm³/mol. The van der Waals surface area contributed by atoms with Crippen LogP contribution in [0, 0.1) is 10.1 Å². The normalized spacial score (nSPS) is 10.6. The number of nitro benzene ring substituents is 1. The Morgan fingerprint density at radius 1 is 0.920 bits per heavy atom. The molecule has 0 unspecified atom stereocenters. The van der Waals surface area contributed by atoms with Crippen LogP contribution in [0.1, 0.15) is 5.56 Å². The number of hydrazone groups is 1. The second-order valence-electron chi connectivity index (χ2n) is 5.17. The summed E-state index contributed by atoms with van der Waals surface area (Å²) >= 11 is 0. The van der Waals surface area contributed by atoms with E-state index in [9.17, 15) is 10.1 Å². The van der Waals surface area contributed by atoms with Crippen LogP contribution in [-0.4, -0.2) is 11.1 Å². The Morgan fingerprint density at radius 2 is 1.68 bits per heavy atom. The molecule has 0 fully saturated rings. The molecule has 0 atom stereocenters.